The third kappa shape index (κ3) is 5.75. The van der Waals surface area contributed by atoms with E-state index in [0.29, 0.717) is 24.3 Å². The fraction of sp³-hybridized carbons (Fsp3) is 0.560. The lowest BCUT2D eigenvalue weighted by Crippen LogP contribution is -2.43. The van der Waals surface area contributed by atoms with Gasteiger partial charge in [-0.25, -0.2) is 9.71 Å². The normalized spacial score (nSPS) is 20.5. The lowest BCUT2D eigenvalue weighted by atomic mass is 9.90. The summed E-state index contributed by atoms with van der Waals surface area (Å²) in [5.41, 5.74) is 0.00209. The average molecular weight is 503 g/mol. The van der Waals surface area contributed by atoms with Crippen molar-refractivity contribution < 1.29 is 22.7 Å². The molecule has 0 radical (unpaired) electrons. The highest BCUT2D eigenvalue weighted by atomic mass is 32.2. The summed E-state index contributed by atoms with van der Waals surface area (Å²) in [6.45, 7) is 9.10. The molecule has 1 atom stereocenters. The SMILES string of the molecule is CC1CCN(c2ncccc2C(=O)NS(=O)(=O)c2cccc(OCCC3CCOCC3)n2)C1(C)C. The summed E-state index contributed by atoms with van der Waals surface area (Å²) in [7, 11) is -4.21. The van der Waals surface area contributed by atoms with Crippen LogP contribution in [0.1, 0.15) is 56.8 Å². The molecule has 2 aliphatic heterocycles. The van der Waals surface area contributed by atoms with Crippen LogP contribution in [0.25, 0.3) is 0 Å². The minimum absolute atomic E-state index is 0.208. The van der Waals surface area contributed by atoms with E-state index in [0.717, 1.165) is 45.4 Å². The van der Waals surface area contributed by atoms with E-state index in [-0.39, 0.29) is 22.0 Å². The van der Waals surface area contributed by atoms with Crippen LogP contribution < -0.4 is 14.4 Å². The van der Waals surface area contributed by atoms with E-state index in [2.05, 4.69) is 40.4 Å². The van der Waals surface area contributed by atoms with Crippen LogP contribution >= 0.6 is 0 Å². The second-order valence-corrected chi connectivity index (χ2v) is 11.4. The molecule has 1 N–H and O–H groups in total. The highest BCUT2D eigenvalue weighted by Gasteiger charge is 2.40. The van der Waals surface area contributed by atoms with E-state index in [1.54, 1.807) is 30.5 Å². The second kappa shape index (κ2) is 10.5. The van der Waals surface area contributed by atoms with E-state index in [1.807, 2.05) is 0 Å². The number of sulfonamides is 1. The first kappa shape index (κ1) is 25.4. The predicted octanol–water partition coefficient (Wildman–Crippen LogP) is 3.42. The van der Waals surface area contributed by atoms with Crippen LogP contribution in [0.3, 0.4) is 0 Å². The molecule has 0 bridgehead atoms. The van der Waals surface area contributed by atoms with Crippen molar-refractivity contribution in [3.05, 3.63) is 42.1 Å². The smallest absolute Gasteiger partial charge is 0.281 e. The number of hydrogen-bond acceptors (Lipinski definition) is 8. The van der Waals surface area contributed by atoms with Crippen molar-refractivity contribution in [1.29, 1.82) is 0 Å². The van der Waals surface area contributed by atoms with Gasteiger partial charge in [-0.3, -0.25) is 4.79 Å². The van der Waals surface area contributed by atoms with Crippen LogP contribution in [0.5, 0.6) is 5.88 Å². The third-order valence-corrected chi connectivity index (χ3v) is 8.52. The molecule has 35 heavy (non-hydrogen) atoms. The molecular formula is C25H34N4O5S. The van der Waals surface area contributed by atoms with Gasteiger partial charge in [0.2, 0.25) is 5.88 Å². The first-order chi connectivity index (χ1) is 16.7. The van der Waals surface area contributed by atoms with Gasteiger partial charge in [0.15, 0.2) is 5.03 Å². The van der Waals surface area contributed by atoms with Crippen molar-refractivity contribution in [3.63, 3.8) is 0 Å². The number of pyridine rings is 2. The van der Waals surface area contributed by atoms with Gasteiger partial charge < -0.3 is 14.4 Å². The summed E-state index contributed by atoms with van der Waals surface area (Å²) >= 11 is 0. The zero-order chi connectivity index (χ0) is 25.1. The van der Waals surface area contributed by atoms with Crippen LogP contribution in [0.2, 0.25) is 0 Å². The number of carbonyl (C=O) groups excluding carboxylic acids is 1. The number of ether oxygens (including phenoxy) is 2. The van der Waals surface area contributed by atoms with Crippen LogP contribution in [-0.4, -0.2) is 56.2 Å². The second-order valence-electron chi connectivity index (χ2n) is 9.81. The lowest BCUT2D eigenvalue weighted by molar-refractivity contribution is 0.0591. The Morgan fingerprint density at radius 1 is 1.20 bits per heavy atom. The fourth-order valence-electron chi connectivity index (χ4n) is 4.62. The minimum Gasteiger partial charge on any atom is -0.478 e. The van der Waals surface area contributed by atoms with E-state index in [1.165, 1.54) is 6.07 Å². The highest BCUT2D eigenvalue weighted by molar-refractivity contribution is 7.90. The zero-order valence-electron chi connectivity index (χ0n) is 20.6. The number of anilines is 1. The number of rotatable bonds is 8. The Hall–Kier alpha value is -2.72. The van der Waals surface area contributed by atoms with E-state index < -0.39 is 15.9 Å². The van der Waals surface area contributed by atoms with Crippen LogP contribution in [0.15, 0.2) is 41.6 Å². The van der Waals surface area contributed by atoms with Gasteiger partial charge in [0.25, 0.3) is 15.9 Å². The molecule has 2 aliphatic rings. The van der Waals surface area contributed by atoms with Crippen molar-refractivity contribution in [1.82, 2.24) is 14.7 Å². The maximum atomic E-state index is 13.1. The number of amides is 1. The molecule has 0 spiro atoms. The summed E-state index contributed by atoms with van der Waals surface area (Å²) in [6.07, 6.45) is 5.44. The molecule has 190 valence electrons. The van der Waals surface area contributed by atoms with Gasteiger partial charge in [-0.1, -0.05) is 13.0 Å². The molecule has 9 nitrogen and oxygen atoms in total. The predicted molar refractivity (Wildman–Crippen MR) is 132 cm³/mol. The molecular weight excluding hydrogens is 468 g/mol. The van der Waals surface area contributed by atoms with E-state index in [9.17, 15) is 13.2 Å². The summed E-state index contributed by atoms with van der Waals surface area (Å²) in [5, 5.41) is -0.269. The topological polar surface area (TPSA) is 111 Å². The van der Waals surface area contributed by atoms with Crippen LogP contribution in [0, 0.1) is 11.8 Å². The summed E-state index contributed by atoms with van der Waals surface area (Å²) < 4.78 is 39.2. The standard InChI is InChI=1S/C25H34N4O5S/c1-18-9-14-29(25(18,2)3)23-20(6-5-13-26-23)24(30)28-35(31,32)22-8-4-7-21(27-22)34-17-12-19-10-15-33-16-11-19/h4-8,13,18-19H,9-12,14-17H2,1-3H3,(H,28,30). The zero-order valence-corrected chi connectivity index (χ0v) is 21.4. The average Bonchev–Trinajstić information content (AvgIpc) is 3.11. The molecule has 0 aromatic carbocycles. The largest absolute Gasteiger partial charge is 0.478 e. The summed E-state index contributed by atoms with van der Waals surface area (Å²) in [4.78, 5) is 23.7. The molecule has 4 rings (SSSR count). The van der Waals surface area contributed by atoms with Crippen molar-refractivity contribution in [2.75, 3.05) is 31.3 Å². The summed E-state index contributed by atoms with van der Waals surface area (Å²) in [6, 6.07) is 7.73. The lowest BCUT2D eigenvalue weighted by Gasteiger charge is -2.36. The number of carbonyl (C=O) groups is 1. The fourth-order valence-corrected chi connectivity index (χ4v) is 5.55. The van der Waals surface area contributed by atoms with Gasteiger partial charge in [0.1, 0.15) is 5.82 Å². The maximum Gasteiger partial charge on any atom is 0.281 e. The maximum absolute atomic E-state index is 13.1. The highest BCUT2D eigenvalue weighted by Crippen LogP contribution is 2.38. The molecule has 10 heteroatoms. The molecule has 0 aliphatic carbocycles. The Morgan fingerprint density at radius 3 is 2.69 bits per heavy atom. The van der Waals surface area contributed by atoms with Crippen molar-refractivity contribution >= 4 is 21.7 Å². The van der Waals surface area contributed by atoms with Crippen LogP contribution in [-0.2, 0) is 14.8 Å². The Morgan fingerprint density at radius 2 is 1.97 bits per heavy atom. The minimum atomic E-state index is -4.21. The monoisotopic (exact) mass is 502 g/mol. The summed E-state index contributed by atoms with van der Waals surface area (Å²) in [5.74, 6) is 0.890. The quantitative estimate of drug-likeness (QED) is 0.585. The molecule has 1 unspecified atom stereocenters. The Balaban J connectivity index is 1.45. The van der Waals surface area contributed by atoms with Gasteiger partial charge in [-0.05, 0) is 69.6 Å². The first-order valence-electron chi connectivity index (χ1n) is 12.2. The van der Waals surface area contributed by atoms with Crippen molar-refractivity contribution in [2.24, 2.45) is 11.8 Å². The third-order valence-electron chi connectivity index (χ3n) is 7.29. The van der Waals surface area contributed by atoms with Crippen molar-refractivity contribution in [3.8, 4) is 5.88 Å². The number of aromatic nitrogens is 2. The Bertz CT molecular complexity index is 1150. The number of nitrogens with zero attached hydrogens (tertiary/aromatic N) is 3. The molecule has 2 fully saturated rings. The molecule has 2 aromatic heterocycles. The van der Waals surface area contributed by atoms with E-state index >= 15 is 0 Å². The van der Waals surface area contributed by atoms with Gasteiger partial charge in [0.05, 0.1) is 12.2 Å². The Kier molecular flexibility index (Phi) is 7.61. The number of hydrogen-bond donors (Lipinski definition) is 1. The van der Waals surface area contributed by atoms with Crippen LogP contribution in [0.4, 0.5) is 5.82 Å². The van der Waals surface area contributed by atoms with Crippen molar-refractivity contribution in [2.45, 2.75) is 57.0 Å². The molecule has 0 saturated carbocycles. The molecule has 4 heterocycles. The van der Waals surface area contributed by atoms with Gasteiger partial charge in [0, 0.05) is 37.6 Å². The molecule has 2 aromatic rings. The van der Waals surface area contributed by atoms with Gasteiger partial charge >= 0.3 is 0 Å². The van der Waals surface area contributed by atoms with Gasteiger partial charge in [-0.15, -0.1) is 0 Å². The van der Waals surface area contributed by atoms with E-state index in [4.69, 9.17) is 9.47 Å². The Labute approximate surface area is 207 Å². The number of nitrogens with one attached hydrogen (secondary N) is 1. The molecule has 1 amide bonds. The molecule has 2 saturated heterocycles. The first-order valence-corrected chi connectivity index (χ1v) is 13.6. The van der Waals surface area contributed by atoms with Gasteiger partial charge in [-0.2, -0.15) is 13.4 Å².